The van der Waals surface area contributed by atoms with Crippen LogP contribution in [0.2, 0.25) is 0 Å². The van der Waals surface area contributed by atoms with Crippen molar-refractivity contribution >= 4 is 39.2 Å². The maximum absolute atomic E-state index is 13.5. The molecule has 2 aromatic heterocycles. The molecule has 0 aliphatic heterocycles. The van der Waals surface area contributed by atoms with Crippen molar-refractivity contribution in [2.45, 2.75) is 56.8 Å². The zero-order chi connectivity index (χ0) is 22.7. The molecule has 7 heteroatoms. The molecule has 1 fully saturated rings. The molecule has 0 radical (unpaired) electrons. The molecule has 1 amide bonds. The molecule has 0 N–H and O–H groups in total. The van der Waals surface area contributed by atoms with Crippen LogP contribution < -0.4 is 5.56 Å². The summed E-state index contributed by atoms with van der Waals surface area (Å²) in [4.78, 5) is 33.7. The second-order valence-electron chi connectivity index (χ2n) is 8.38. The van der Waals surface area contributed by atoms with Crippen LogP contribution in [0, 0.1) is 6.92 Å². The Morgan fingerprint density at radius 2 is 2.00 bits per heavy atom. The number of allylic oxidation sites excluding steroid dienone is 1. The second kappa shape index (κ2) is 10.0. The molecular formula is C25H29N3O2S2. The zero-order valence-electron chi connectivity index (χ0n) is 18.7. The average Bonchev–Trinajstić information content (AvgIpc) is 3.24. The van der Waals surface area contributed by atoms with Crippen molar-refractivity contribution < 1.29 is 4.79 Å². The van der Waals surface area contributed by atoms with Crippen molar-refractivity contribution in [3.05, 3.63) is 58.2 Å². The fourth-order valence-electron chi connectivity index (χ4n) is 4.25. The third kappa shape index (κ3) is 4.69. The molecule has 1 aliphatic rings. The summed E-state index contributed by atoms with van der Waals surface area (Å²) in [5.41, 5.74) is 3.01. The number of thiophene rings is 1. The van der Waals surface area contributed by atoms with E-state index in [1.54, 1.807) is 10.6 Å². The zero-order valence-corrected chi connectivity index (χ0v) is 20.3. The molecule has 0 bridgehead atoms. The van der Waals surface area contributed by atoms with E-state index in [4.69, 9.17) is 4.98 Å². The third-order valence-electron chi connectivity index (χ3n) is 6.17. The van der Waals surface area contributed by atoms with Gasteiger partial charge in [-0.25, -0.2) is 4.98 Å². The minimum absolute atomic E-state index is 0.0812. The van der Waals surface area contributed by atoms with Crippen LogP contribution in [0.3, 0.4) is 0 Å². The summed E-state index contributed by atoms with van der Waals surface area (Å²) < 4.78 is 1.64. The van der Waals surface area contributed by atoms with Gasteiger partial charge in [-0.1, -0.05) is 66.9 Å². The highest BCUT2D eigenvalue weighted by molar-refractivity contribution is 7.99. The molecule has 1 saturated carbocycles. The minimum atomic E-state index is -0.0812. The van der Waals surface area contributed by atoms with Crippen molar-refractivity contribution in [3.63, 3.8) is 0 Å². The number of hydrogen-bond donors (Lipinski definition) is 0. The molecule has 0 unspecified atom stereocenters. The normalized spacial score (nSPS) is 14.6. The Morgan fingerprint density at radius 3 is 2.69 bits per heavy atom. The quantitative estimate of drug-likeness (QED) is 0.261. The number of hydrogen-bond acceptors (Lipinski definition) is 5. The van der Waals surface area contributed by atoms with Gasteiger partial charge < -0.3 is 4.90 Å². The molecule has 0 atom stereocenters. The predicted octanol–water partition coefficient (Wildman–Crippen LogP) is 5.50. The summed E-state index contributed by atoms with van der Waals surface area (Å²) in [6, 6.07) is 8.50. The Hall–Kier alpha value is -2.38. The topological polar surface area (TPSA) is 55.2 Å². The van der Waals surface area contributed by atoms with Crippen LogP contribution in [0.4, 0.5) is 0 Å². The molecule has 1 aromatic carbocycles. The molecule has 5 nitrogen and oxygen atoms in total. The standard InChI is InChI=1S/C25H29N3O2S2/c1-4-14-28-24(30)22-20(18-12-10-17(2)11-13-18)15-31-23(22)26-25(28)32-16-21(29)27(3)19-8-6-5-7-9-19/h4,10-13,15,19H,1,5-9,14,16H2,2-3H3. The summed E-state index contributed by atoms with van der Waals surface area (Å²) in [5, 5.41) is 3.21. The highest BCUT2D eigenvalue weighted by Crippen LogP contribution is 2.32. The summed E-state index contributed by atoms with van der Waals surface area (Å²) >= 11 is 2.82. The van der Waals surface area contributed by atoms with Gasteiger partial charge in [0.25, 0.3) is 5.56 Å². The maximum atomic E-state index is 13.5. The molecule has 1 aliphatic carbocycles. The van der Waals surface area contributed by atoms with Crippen LogP contribution in [0.15, 0.2) is 52.3 Å². The van der Waals surface area contributed by atoms with Gasteiger partial charge in [0, 0.05) is 30.6 Å². The number of fused-ring (bicyclic) bond motifs is 1. The number of carbonyl (C=O) groups is 1. The average molecular weight is 468 g/mol. The smallest absolute Gasteiger partial charge is 0.263 e. The molecule has 168 valence electrons. The van der Waals surface area contributed by atoms with Gasteiger partial charge in [-0.15, -0.1) is 17.9 Å². The predicted molar refractivity (Wildman–Crippen MR) is 135 cm³/mol. The lowest BCUT2D eigenvalue weighted by molar-refractivity contribution is -0.129. The van der Waals surface area contributed by atoms with Crippen molar-refractivity contribution in [3.8, 4) is 11.1 Å². The van der Waals surface area contributed by atoms with Gasteiger partial charge in [0.05, 0.1) is 11.1 Å². The van der Waals surface area contributed by atoms with Crippen LogP contribution in [0.25, 0.3) is 21.3 Å². The maximum Gasteiger partial charge on any atom is 0.263 e. The van der Waals surface area contributed by atoms with Gasteiger partial charge in [0.1, 0.15) is 4.83 Å². The highest BCUT2D eigenvalue weighted by atomic mass is 32.2. The van der Waals surface area contributed by atoms with Gasteiger partial charge in [-0.2, -0.15) is 0 Å². The van der Waals surface area contributed by atoms with Crippen LogP contribution in [-0.4, -0.2) is 39.2 Å². The number of thioether (sulfide) groups is 1. The number of rotatable bonds is 7. The second-order valence-corrected chi connectivity index (χ2v) is 10.2. The van der Waals surface area contributed by atoms with Gasteiger partial charge in [-0.05, 0) is 25.3 Å². The molecule has 4 rings (SSSR count). The molecular weight excluding hydrogens is 438 g/mol. The van der Waals surface area contributed by atoms with E-state index in [1.807, 2.05) is 48.5 Å². The first-order chi connectivity index (χ1) is 15.5. The van der Waals surface area contributed by atoms with E-state index in [-0.39, 0.29) is 17.2 Å². The van der Waals surface area contributed by atoms with Crippen molar-refractivity contribution in [2.75, 3.05) is 12.8 Å². The first kappa shape index (κ1) is 22.8. The fraction of sp³-hybridized carbons (Fsp3) is 0.400. The van der Waals surface area contributed by atoms with E-state index in [0.717, 1.165) is 24.0 Å². The van der Waals surface area contributed by atoms with Crippen molar-refractivity contribution in [2.24, 2.45) is 0 Å². The van der Waals surface area contributed by atoms with E-state index < -0.39 is 0 Å². The lowest BCUT2D eigenvalue weighted by atomic mass is 9.94. The number of carbonyl (C=O) groups excluding carboxylic acids is 1. The van der Waals surface area contributed by atoms with Crippen molar-refractivity contribution in [1.29, 1.82) is 0 Å². The van der Waals surface area contributed by atoms with Crippen LogP contribution in [-0.2, 0) is 11.3 Å². The van der Waals surface area contributed by atoms with Gasteiger partial charge in [-0.3, -0.25) is 14.2 Å². The Balaban J connectivity index is 1.62. The van der Waals surface area contributed by atoms with Gasteiger partial charge in [0.15, 0.2) is 5.16 Å². The lowest BCUT2D eigenvalue weighted by Crippen LogP contribution is -2.39. The van der Waals surface area contributed by atoms with E-state index in [1.165, 1.54) is 47.9 Å². The SMILES string of the molecule is C=CCn1c(SCC(=O)N(C)C2CCCCC2)nc2scc(-c3ccc(C)cc3)c2c1=O. The number of aryl methyl sites for hydroxylation is 1. The molecule has 0 saturated heterocycles. The van der Waals surface area contributed by atoms with E-state index >= 15 is 0 Å². The first-order valence-electron chi connectivity index (χ1n) is 11.1. The molecule has 0 spiro atoms. The lowest BCUT2D eigenvalue weighted by Gasteiger charge is -2.31. The summed E-state index contributed by atoms with van der Waals surface area (Å²) in [6.07, 6.45) is 7.50. The number of benzene rings is 1. The van der Waals surface area contributed by atoms with Crippen molar-refractivity contribution in [1.82, 2.24) is 14.5 Å². The van der Waals surface area contributed by atoms with E-state index in [2.05, 4.69) is 6.58 Å². The van der Waals surface area contributed by atoms with Gasteiger partial charge >= 0.3 is 0 Å². The summed E-state index contributed by atoms with van der Waals surface area (Å²) in [6.45, 7) is 6.22. The molecule has 2 heterocycles. The summed E-state index contributed by atoms with van der Waals surface area (Å²) in [5.74, 6) is 0.367. The number of nitrogens with zero attached hydrogens (tertiary/aromatic N) is 3. The van der Waals surface area contributed by atoms with Crippen LogP contribution >= 0.6 is 23.1 Å². The molecule has 32 heavy (non-hydrogen) atoms. The Morgan fingerprint density at radius 1 is 1.28 bits per heavy atom. The fourth-order valence-corrected chi connectivity index (χ4v) is 6.17. The van der Waals surface area contributed by atoms with E-state index in [0.29, 0.717) is 28.0 Å². The Labute approximate surface area is 197 Å². The number of aromatic nitrogens is 2. The highest BCUT2D eigenvalue weighted by Gasteiger charge is 2.23. The van der Waals surface area contributed by atoms with Crippen LogP contribution in [0.1, 0.15) is 37.7 Å². The minimum Gasteiger partial charge on any atom is -0.342 e. The monoisotopic (exact) mass is 467 g/mol. The third-order valence-corrected chi connectivity index (χ3v) is 8.01. The van der Waals surface area contributed by atoms with Crippen LogP contribution in [0.5, 0.6) is 0 Å². The Kier molecular flexibility index (Phi) is 7.16. The Bertz CT molecular complexity index is 1170. The molecule has 3 aromatic rings. The summed E-state index contributed by atoms with van der Waals surface area (Å²) in [7, 11) is 1.90. The largest absolute Gasteiger partial charge is 0.342 e. The first-order valence-corrected chi connectivity index (χ1v) is 12.9. The van der Waals surface area contributed by atoms with Gasteiger partial charge in [0.2, 0.25) is 5.91 Å². The van der Waals surface area contributed by atoms with E-state index in [9.17, 15) is 9.59 Å². The number of amides is 1.